The summed E-state index contributed by atoms with van der Waals surface area (Å²) in [7, 11) is 0. The Balaban J connectivity index is 1.58. The number of hydrogen-bond donors (Lipinski definition) is 2. The third-order valence-corrected chi connectivity index (χ3v) is 5.67. The molecule has 0 aliphatic rings. The maximum atomic E-state index is 12.3. The number of rotatable bonds is 6. The third kappa shape index (κ3) is 4.94. The lowest BCUT2D eigenvalue weighted by molar-refractivity contribution is -0.115. The molecule has 0 unspecified atom stereocenters. The third-order valence-electron chi connectivity index (χ3n) is 3.42. The number of nitrogens with one attached hydrogen (secondary N) is 2. The fourth-order valence-electron chi connectivity index (χ4n) is 2.02. The average Bonchev–Trinajstić information content (AvgIpc) is 3.06. The van der Waals surface area contributed by atoms with Gasteiger partial charge in [0.1, 0.15) is 5.82 Å². The Kier molecular flexibility index (Phi) is 6.08. The number of pyridine rings is 1. The van der Waals surface area contributed by atoms with Crippen molar-refractivity contribution in [2.45, 2.75) is 23.4 Å². The summed E-state index contributed by atoms with van der Waals surface area (Å²) in [6.07, 6.45) is 1.49. The van der Waals surface area contributed by atoms with Crippen molar-refractivity contribution in [2.75, 3.05) is 10.6 Å². The molecule has 1 aromatic carbocycles. The van der Waals surface area contributed by atoms with Gasteiger partial charge in [-0.3, -0.25) is 4.79 Å². The zero-order chi connectivity index (χ0) is 18.5. The van der Waals surface area contributed by atoms with Gasteiger partial charge >= 0.3 is 0 Å². The predicted molar refractivity (Wildman–Crippen MR) is 108 cm³/mol. The molecule has 9 heteroatoms. The molecule has 0 fully saturated rings. The number of aromatic nitrogens is 3. The van der Waals surface area contributed by atoms with E-state index >= 15 is 0 Å². The van der Waals surface area contributed by atoms with Gasteiger partial charge in [-0.1, -0.05) is 52.9 Å². The zero-order valence-corrected chi connectivity index (χ0v) is 16.5. The topological polar surface area (TPSA) is 79.8 Å². The lowest BCUT2D eigenvalue weighted by atomic mass is 10.2. The van der Waals surface area contributed by atoms with Gasteiger partial charge in [0.15, 0.2) is 4.34 Å². The minimum atomic E-state index is -0.341. The van der Waals surface area contributed by atoms with E-state index in [1.807, 2.05) is 38.1 Å². The first kappa shape index (κ1) is 18.6. The molecule has 0 aliphatic heterocycles. The highest BCUT2D eigenvalue weighted by molar-refractivity contribution is 8.02. The first-order valence-corrected chi connectivity index (χ1v) is 9.84. The summed E-state index contributed by atoms with van der Waals surface area (Å²) in [6.45, 7) is 3.84. The number of nitrogens with zero attached hydrogens (tertiary/aromatic N) is 3. The van der Waals surface area contributed by atoms with Gasteiger partial charge in [0.05, 0.1) is 10.3 Å². The molecule has 6 nitrogen and oxygen atoms in total. The summed E-state index contributed by atoms with van der Waals surface area (Å²) in [5.41, 5.74) is 2.11. The van der Waals surface area contributed by atoms with Crippen molar-refractivity contribution in [2.24, 2.45) is 0 Å². The SMILES string of the molecule is Cc1ccccc1Nc1nnc(S[C@@H](C)C(=O)Nc2ccc(Cl)cn2)s1. The Bertz CT molecular complexity index is 900. The van der Waals surface area contributed by atoms with Gasteiger partial charge in [-0.2, -0.15) is 0 Å². The summed E-state index contributed by atoms with van der Waals surface area (Å²) in [5, 5.41) is 15.1. The molecule has 0 aliphatic carbocycles. The summed E-state index contributed by atoms with van der Waals surface area (Å²) in [6, 6.07) is 11.3. The smallest absolute Gasteiger partial charge is 0.238 e. The zero-order valence-electron chi connectivity index (χ0n) is 14.1. The van der Waals surface area contributed by atoms with Crippen LogP contribution in [0.2, 0.25) is 5.02 Å². The molecule has 0 saturated heterocycles. The number of benzene rings is 1. The molecule has 3 rings (SSSR count). The Morgan fingerprint density at radius 3 is 2.77 bits per heavy atom. The normalized spacial score (nSPS) is 11.8. The number of carbonyl (C=O) groups excluding carboxylic acids is 1. The molecule has 2 heterocycles. The molecule has 2 N–H and O–H groups in total. The van der Waals surface area contributed by atoms with Crippen molar-refractivity contribution in [3.05, 3.63) is 53.2 Å². The van der Waals surface area contributed by atoms with E-state index in [4.69, 9.17) is 11.6 Å². The Hall–Kier alpha value is -2.16. The van der Waals surface area contributed by atoms with Gasteiger partial charge in [0.25, 0.3) is 0 Å². The van der Waals surface area contributed by atoms with Crippen LogP contribution in [-0.4, -0.2) is 26.3 Å². The Labute approximate surface area is 164 Å². The minimum absolute atomic E-state index is 0.159. The highest BCUT2D eigenvalue weighted by Gasteiger charge is 2.18. The van der Waals surface area contributed by atoms with Crippen molar-refractivity contribution < 1.29 is 4.79 Å². The van der Waals surface area contributed by atoms with Gasteiger partial charge < -0.3 is 10.6 Å². The van der Waals surface area contributed by atoms with Crippen LogP contribution in [0.3, 0.4) is 0 Å². The molecule has 0 saturated carbocycles. The summed E-state index contributed by atoms with van der Waals surface area (Å²) in [4.78, 5) is 16.3. The van der Waals surface area contributed by atoms with Gasteiger partial charge in [0.2, 0.25) is 11.0 Å². The summed E-state index contributed by atoms with van der Waals surface area (Å²) >= 11 is 8.54. The van der Waals surface area contributed by atoms with Gasteiger partial charge in [-0.15, -0.1) is 10.2 Å². The number of hydrogen-bond acceptors (Lipinski definition) is 7. The number of thioether (sulfide) groups is 1. The van der Waals surface area contributed by atoms with E-state index in [-0.39, 0.29) is 11.2 Å². The average molecular weight is 406 g/mol. The van der Waals surface area contributed by atoms with Crippen LogP contribution in [0.15, 0.2) is 46.9 Å². The number of anilines is 3. The van der Waals surface area contributed by atoms with Crippen LogP contribution >= 0.6 is 34.7 Å². The van der Waals surface area contributed by atoms with Gasteiger partial charge in [-0.25, -0.2) is 4.98 Å². The van der Waals surface area contributed by atoms with Crippen LogP contribution in [0.1, 0.15) is 12.5 Å². The molecule has 0 radical (unpaired) electrons. The quantitative estimate of drug-likeness (QED) is 0.575. The van der Waals surface area contributed by atoms with Crippen molar-refractivity contribution >= 4 is 57.2 Å². The molecular formula is C17H16ClN5OS2. The largest absolute Gasteiger partial charge is 0.330 e. The van der Waals surface area contributed by atoms with E-state index < -0.39 is 0 Å². The monoisotopic (exact) mass is 405 g/mol. The molecule has 1 atom stereocenters. The highest BCUT2D eigenvalue weighted by atomic mass is 35.5. The standard InChI is InChI=1S/C17H16ClN5OS2/c1-10-5-3-4-6-13(10)20-16-22-23-17(26-16)25-11(2)15(24)21-14-8-7-12(18)9-19-14/h3-9,11H,1-2H3,(H,20,22)(H,19,21,24)/t11-/m0/s1. The van der Waals surface area contributed by atoms with E-state index in [0.717, 1.165) is 11.3 Å². The molecule has 26 heavy (non-hydrogen) atoms. The lowest BCUT2D eigenvalue weighted by Crippen LogP contribution is -2.22. The lowest BCUT2D eigenvalue weighted by Gasteiger charge is -2.09. The minimum Gasteiger partial charge on any atom is -0.330 e. The van der Waals surface area contributed by atoms with Crippen LogP contribution in [0.5, 0.6) is 0 Å². The predicted octanol–water partition coefficient (Wildman–Crippen LogP) is 4.76. The van der Waals surface area contributed by atoms with E-state index in [2.05, 4.69) is 25.8 Å². The molecule has 3 aromatic rings. The van der Waals surface area contributed by atoms with E-state index in [1.165, 1.54) is 29.3 Å². The van der Waals surface area contributed by atoms with Crippen molar-refractivity contribution in [1.82, 2.24) is 15.2 Å². The summed E-state index contributed by atoms with van der Waals surface area (Å²) in [5.74, 6) is 0.305. The maximum absolute atomic E-state index is 12.3. The summed E-state index contributed by atoms with van der Waals surface area (Å²) < 4.78 is 0.716. The van der Waals surface area contributed by atoms with Gasteiger partial charge in [0, 0.05) is 11.9 Å². The molecule has 0 spiro atoms. The first-order chi connectivity index (χ1) is 12.5. The number of carbonyl (C=O) groups is 1. The second-order valence-electron chi connectivity index (χ2n) is 5.42. The molecular weight excluding hydrogens is 390 g/mol. The number of amides is 1. The highest BCUT2D eigenvalue weighted by Crippen LogP contribution is 2.31. The number of halogens is 1. The number of aryl methyl sites for hydroxylation is 1. The van der Waals surface area contributed by atoms with Crippen LogP contribution < -0.4 is 10.6 Å². The molecule has 134 valence electrons. The van der Waals surface area contributed by atoms with Crippen LogP contribution in [0.4, 0.5) is 16.6 Å². The molecule has 0 bridgehead atoms. The van der Waals surface area contributed by atoms with Crippen LogP contribution in [-0.2, 0) is 4.79 Å². The van der Waals surface area contributed by atoms with E-state index in [0.29, 0.717) is 20.3 Å². The number of para-hydroxylation sites is 1. The second-order valence-corrected chi connectivity index (χ2v) is 8.43. The van der Waals surface area contributed by atoms with E-state index in [9.17, 15) is 4.79 Å². The molecule has 1 amide bonds. The first-order valence-electron chi connectivity index (χ1n) is 7.76. The van der Waals surface area contributed by atoms with Crippen molar-refractivity contribution in [3.8, 4) is 0 Å². The van der Waals surface area contributed by atoms with E-state index in [1.54, 1.807) is 12.1 Å². The second kappa shape index (κ2) is 8.48. The van der Waals surface area contributed by atoms with Crippen molar-refractivity contribution in [3.63, 3.8) is 0 Å². The van der Waals surface area contributed by atoms with Gasteiger partial charge in [-0.05, 0) is 37.6 Å². The Morgan fingerprint density at radius 1 is 1.23 bits per heavy atom. The molecule has 2 aromatic heterocycles. The maximum Gasteiger partial charge on any atom is 0.238 e. The Morgan fingerprint density at radius 2 is 2.04 bits per heavy atom. The fourth-order valence-corrected chi connectivity index (χ4v) is 4.04. The van der Waals surface area contributed by atoms with Crippen molar-refractivity contribution in [1.29, 1.82) is 0 Å². The van der Waals surface area contributed by atoms with Crippen LogP contribution in [0, 0.1) is 6.92 Å². The van der Waals surface area contributed by atoms with Crippen LogP contribution in [0.25, 0.3) is 0 Å². The fraction of sp³-hybridized carbons (Fsp3) is 0.176.